The third-order valence-electron chi connectivity index (χ3n) is 7.50. The normalized spacial score (nSPS) is 32.9. The molecule has 1 N–H and O–H groups in total. The van der Waals surface area contributed by atoms with E-state index >= 15 is 0 Å². The second-order valence-electron chi connectivity index (χ2n) is 9.30. The summed E-state index contributed by atoms with van der Waals surface area (Å²) >= 11 is 3.42. The Morgan fingerprint density at radius 3 is 2.37 bits per heavy atom. The van der Waals surface area contributed by atoms with Gasteiger partial charge in [0.1, 0.15) is 0 Å². The van der Waals surface area contributed by atoms with Crippen LogP contribution in [-0.2, 0) is 14.4 Å². The number of rotatable bonds is 7. The molecule has 0 aromatic heterocycles. The van der Waals surface area contributed by atoms with Gasteiger partial charge in [-0.2, -0.15) is 0 Å². The molecule has 4 aliphatic carbocycles. The number of carbonyl (C=O) groups excluding carboxylic acids is 3. The molecule has 1 heterocycles. The Hall–Kier alpha value is -1.95. The van der Waals surface area contributed by atoms with Gasteiger partial charge in [-0.05, 0) is 73.6 Å². The number of hydrogen-bond acceptors (Lipinski definition) is 3. The van der Waals surface area contributed by atoms with E-state index in [2.05, 4.69) is 33.4 Å². The van der Waals surface area contributed by atoms with Crippen molar-refractivity contribution >= 4 is 39.3 Å². The Balaban J connectivity index is 1.08. The Kier molecular flexibility index (Phi) is 5.08. The highest BCUT2D eigenvalue weighted by Gasteiger charge is 2.66. The molecule has 6 unspecified atom stereocenters. The van der Waals surface area contributed by atoms with E-state index in [1.54, 1.807) is 0 Å². The summed E-state index contributed by atoms with van der Waals surface area (Å²) in [6, 6.07) is 5.78. The van der Waals surface area contributed by atoms with Crippen LogP contribution in [0.15, 0.2) is 34.8 Å². The highest BCUT2D eigenvalue weighted by atomic mass is 79.9. The third-order valence-corrected chi connectivity index (χ3v) is 8.00. The Morgan fingerprint density at radius 2 is 1.73 bits per heavy atom. The molecule has 5 aliphatic rings. The van der Waals surface area contributed by atoms with Gasteiger partial charge in [0.05, 0.1) is 11.8 Å². The molecule has 2 saturated carbocycles. The van der Waals surface area contributed by atoms with E-state index in [1.807, 2.05) is 25.1 Å². The third kappa shape index (κ3) is 3.33. The molecule has 30 heavy (non-hydrogen) atoms. The summed E-state index contributed by atoms with van der Waals surface area (Å²) < 4.78 is 0.990. The van der Waals surface area contributed by atoms with Gasteiger partial charge < -0.3 is 5.32 Å². The Bertz CT molecular complexity index is 906. The smallest absolute Gasteiger partial charge is 0.233 e. The molecule has 2 bridgehead atoms. The lowest BCUT2D eigenvalue weighted by Gasteiger charge is -2.37. The lowest BCUT2D eigenvalue weighted by Crippen LogP contribution is -2.40. The number of likely N-dealkylation sites (tertiary alicyclic amines) is 1. The number of halogens is 1. The predicted molar refractivity (Wildman–Crippen MR) is 117 cm³/mol. The number of benzene rings is 1. The highest BCUT2D eigenvalue weighted by molar-refractivity contribution is 9.10. The number of anilines is 1. The highest BCUT2D eigenvalue weighted by Crippen LogP contribution is 2.65. The molecule has 0 spiro atoms. The minimum Gasteiger partial charge on any atom is -0.326 e. The molecular weight excluding hydrogens is 444 g/mol. The quantitative estimate of drug-likeness (QED) is 0.366. The number of imide groups is 1. The SMILES string of the molecule is Cc1cc(Br)ccc1NC(=O)CCCCCN1C(=O)C2C3C=CC(C4CC34)C2C1=O. The van der Waals surface area contributed by atoms with Crippen molar-refractivity contribution in [3.05, 3.63) is 40.4 Å². The Morgan fingerprint density at radius 1 is 1.07 bits per heavy atom. The largest absolute Gasteiger partial charge is 0.326 e. The molecule has 6 heteroatoms. The van der Waals surface area contributed by atoms with Gasteiger partial charge in [0, 0.05) is 23.1 Å². The van der Waals surface area contributed by atoms with Gasteiger partial charge in [-0.3, -0.25) is 19.3 Å². The molecule has 5 nitrogen and oxygen atoms in total. The van der Waals surface area contributed by atoms with E-state index in [0.29, 0.717) is 24.8 Å². The summed E-state index contributed by atoms with van der Waals surface area (Å²) in [5.74, 6) is 1.77. The van der Waals surface area contributed by atoms with E-state index in [4.69, 9.17) is 0 Å². The first-order valence-electron chi connectivity index (χ1n) is 11.1. The second-order valence-corrected chi connectivity index (χ2v) is 10.2. The molecule has 3 fully saturated rings. The number of aryl methyl sites for hydroxylation is 1. The Labute approximate surface area is 185 Å². The van der Waals surface area contributed by atoms with Crippen molar-refractivity contribution in [2.45, 2.75) is 39.0 Å². The molecule has 6 atom stereocenters. The summed E-state index contributed by atoms with van der Waals surface area (Å²) in [4.78, 5) is 39.6. The van der Waals surface area contributed by atoms with Crippen molar-refractivity contribution < 1.29 is 14.4 Å². The zero-order valence-corrected chi connectivity index (χ0v) is 18.7. The topological polar surface area (TPSA) is 66.5 Å². The summed E-state index contributed by atoms with van der Waals surface area (Å²) in [6.07, 6.45) is 8.40. The maximum Gasteiger partial charge on any atom is 0.233 e. The van der Waals surface area contributed by atoms with Crippen LogP contribution in [-0.4, -0.2) is 29.2 Å². The molecule has 1 saturated heterocycles. The minimum atomic E-state index is -0.101. The lowest BCUT2D eigenvalue weighted by atomic mass is 9.63. The fourth-order valence-electron chi connectivity index (χ4n) is 5.95. The fraction of sp³-hybridized carbons (Fsp3) is 0.542. The van der Waals surface area contributed by atoms with Crippen molar-refractivity contribution in [2.75, 3.05) is 11.9 Å². The van der Waals surface area contributed by atoms with E-state index in [0.717, 1.165) is 35.0 Å². The van der Waals surface area contributed by atoms with E-state index in [1.165, 1.54) is 11.3 Å². The number of nitrogens with zero attached hydrogens (tertiary/aromatic N) is 1. The number of nitrogens with one attached hydrogen (secondary N) is 1. The van der Waals surface area contributed by atoms with Gasteiger partial charge in [-0.15, -0.1) is 0 Å². The average molecular weight is 471 g/mol. The van der Waals surface area contributed by atoms with Crippen LogP contribution in [0, 0.1) is 42.4 Å². The van der Waals surface area contributed by atoms with Gasteiger partial charge in [-0.25, -0.2) is 0 Å². The van der Waals surface area contributed by atoms with Crippen molar-refractivity contribution in [3.8, 4) is 0 Å². The summed E-state index contributed by atoms with van der Waals surface area (Å²) in [7, 11) is 0. The van der Waals surface area contributed by atoms with Crippen molar-refractivity contribution in [2.24, 2.45) is 35.5 Å². The van der Waals surface area contributed by atoms with Crippen LogP contribution in [0.25, 0.3) is 0 Å². The van der Waals surface area contributed by atoms with Gasteiger partial charge in [0.2, 0.25) is 17.7 Å². The van der Waals surface area contributed by atoms with Gasteiger partial charge in [-0.1, -0.05) is 34.5 Å². The molecule has 0 radical (unpaired) electrons. The van der Waals surface area contributed by atoms with Crippen LogP contribution in [0.2, 0.25) is 0 Å². The molecule has 1 aliphatic heterocycles. The average Bonchev–Trinajstić information content (AvgIpc) is 3.50. The molecule has 6 rings (SSSR count). The molecule has 1 aromatic carbocycles. The molecule has 158 valence electrons. The van der Waals surface area contributed by atoms with Crippen LogP contribution < -0.4 is 5.32 Å². The van der Waals surface area contributed by atoms with Crippen LogP contribution in [0.3, 0.4) is 0 Å². The number of carbonyl (C=O) groups is 3. The number of amides is 3. The number of hydrogen-bond donors (Lipinski definition) is 1. The maximum atomic E-state index is 12.9. The van der Waals surface area contributed by atoms with Crippen molar-refractivity contribution in [1.82, 2.24) is 4.90 Å². The van der Waals surface area contributed by atoms with E-state index in [9.17, 15) is 14.4 Å². The van der Waals surface area contributed by atoms with Crippen molar-refractivity contribution in [1.29, 1.82) is 0 Å². The summed E-state index contributed by atoms with van der Waals surface area (Å²) in [6.45, 7) is 2.46. The first kappa shape index (κ1) is 20.0. The van der Waals surface area contributed by atoms with Crippen molar-refractivity contribution in [3.63, 3.8) is 0 Å². The number of allylic oxidation sites excluding steroid dienone is 2. The monoisotopic (exact) mass is 470 g/mol. The lowest BCUT2D eigenvalue weighted by molar-refractivity contribution is -0.140. The van der Waals surface area contributed by atoms with Crippen LogP contribution in [0.4, 0.5) is 5.69 Å². The predicted octanol–water partition coefficient (Wildman–Crippen LogP) is 4.31. The van der Waals surface area contributed by atoms with E-state index in [-0.39, 0.29) is 41.4 Å². The standard InChI is InChI=1S/C24H27BrN2O3/c1-13-11-14(25)6-9-19(13)26-20(28)5-3-2-4-10-27-23(29)21-15-7-8-16(18-12-17(15)18)22(21)24(27)30/h6-9,11,15-18,21-22H,2-5,10,12H2,1H3,(H,26,28). The van der Waals surface area contributed by atoms with Gasteiger partial charge >= 0.3 is 0 Å². The zero-order chi connectivity index (χ0) is 21.0. The summed E-state index contributed by atoms with van der Waals surface area (Å²) in [5, 5.41) is 2.96. The second kappa shape index (κ2) is 7.63. The van der Waals surface area contributed by atoms with Crippen LogP contribution in [0.1, 0.15) is 37.7 Å². The first-order valence-corrected chi connectivity index (χ1v) is 11.8. The van der Waals surface area contributed by atoms with Gasteiger partial charge in [0.15, 0.2) is 0 Å². The fourth-order valence-corrected chi connectivity index (χ4v) is 6.43. The van der Waals surface area contributed by atoms with Crippen LogP contribution in [0.5, 0.6) is 0 Å². The first-order chi connectivity index (χ1) is 14.5. The van der Waals surface area contributed by atoms with Gasteiger partial charge in [0.25, 0.3) is 0 Å². The molecule has 1 aromatic rings. The number of unbranched alkanes of at least 4 members (excludes halogenated alkanes) is 2. The zero-order valence-electron chi connectivity index (χ0n) is 17.1. The maximum absolute atomic E-state index is 12.9. The molecular formula is C24H27BrN2O3. The summed E-state index contributed by atoms with van der Waals surface area (Å²) in [5.41, 5.74) is 1.85. The van der Waals surface area contributed by atoms with Crippen LogP contribution >= 0.6 is 15.9 Å². The molecule has 3 amide bonds. The van der Waals surface area contributed by atoms with E-state index < -0.39 is 0 Å². The minimum absolute atomic E-state index is 0.00152.